The van der Waals surface area contributed by atoms with Crippen LogP contribution < -0.4 is 0 Å². The van der Waals surface area contributed by atoms with E-state index < -0.39 is 0 Å². The fraction of sp³-hybridized carbons (Fsp3) is 1.00. The molecule has 1 aliphatic heterocycles. The maximum Gasteiger partial charge on any atom is 0.0645 e. The summed E-state index contributed by atoms with van der Waals surface area (Å²) in [5.74, 6) is 0.575. The van der Waals surface area contributed by atoms with Crippen LogP contribution in [0.3, 0.4) is 0 Å². The van der Waals surface area contributed by atoms with Crippen molar-refractivity contribution in [2.75, 3.05) is 19.8 Å². The first-order valence-electron chi connectivity index (χ1n) is 5.12. The fourth-order valence-electron chi connectivity index (χ4n) is 1.53. The highest BCUT2D eigenvalue weighted by Gasteiger charge is 2.30. The molecule has 13 heavy (non-hydrogen) atoms. The molecule has 3 heteroatoms. The van der Waals surface area contributed by atoms with E-state index in [4.69, 9.17) is 14.6 Å². The van der Waals surface area contributed by atoms with Crippen molar-refractivity contribution in [3.8, 4) is 0 Å². The van der Waals surface area contributed by atoms with Crippen molar-refractivity contribution in [1.82, 2.24) is 0 Å². The Hall–Kier alpha value is -0.120. The highest BCUT2D eigenvalue weighted by Crippen LogP contribution is 2.23. The van der Waals surface area contributed by atoms with Crippen molar-refractivity contribution in [2.24, 2.45) is 5.92 Å². The summed E-state index contributed by atoms with van der Waals surface area (Å²) >= 11 is 0. The van der Waals surface area contributed by atoms with E-state index in [-0.39, 0.29) is 12.7 Å². The largest absolute Gasteiger partial charge is 0.396 e. The number of hydrogen-bond donors (Lipinski definition) is 1. The highest BCUT2D eigenvalue weighted by atomic mass is 16.5. The minimum atomic E-state index is 0.170. The molecule has 3 unspecified atom stereocenters. The molecule has 0 amide bonds. The molecule has 3 atom stereocenters. The Bertz CT molecular complexity index is 136. The van der Waals surface area contributed by atoms with Gasteiger partial charge in [0.25, 0.3) is 0 Å². The van der Waals surface area contributed by atoms with Crippen LogP contribution in [0.2, 0.25) is 0 Å². The van der Waals surface area contributed by atoms with Crippen LogP contribution >= 0.6 is 0 Å². The van der Waals surface area contributed by atoms with Crippen LogP contribution in [0.5, 0.6) is 0 Å². The molecule has 0 aromatic rings. The lowest BCUT2D eigenvalue weighted by Gasteiger charge is -2.36. The molecule has 1 aliphatic rings. The first-order chi connectivity index (χ1) is 6.27. The van der Waals surface area contributed by atoms with Gasteiger partial charge in [0.1, 0.15) is 0 Å². The van der Waals surface area contributed by atoms with Gasteiger partial charge in [-0.25, -0.2) is 0 Å². The maximum absolute atomic E-state index is 8.67. The van der Waals surface area contributed by atoms with Crippen LogP contribution in [0.25, 0.3) is 0 Å². The minimum absolute atomic E-state index is 0.170. The van der Waals surface area contributed by atoms with E-state index in [1.54, 1.807) is 0 Å². The van der Waals surface area contributed by atoms with Crippen LogP contribution in [-0.2, 0) is 9.47 Å². The van der Waals surface area contributed by atoms with Gasteiger partial charge in [0.2, 0.25) is 0 Å². The van der Waals surface area contributed by atoms with Crippen LogP contribution in [-0.4, -0.2) is 37.1 Å². The van der Waals surface area contributed by atoms with Gasteiger partial charge in [0.15, 0.2) is 0 Å². The Labute approximate surface area is 80.0 Å². The first-order valence-corrected chi connectivity index (χ1v) is 5.12. The van der Waals surface area contributed by atoms with E-state index in [2.05, 4.69) is 6.92 Å². The molecule has 0 aromatic heterocycles. The zero-order valence-corrected chi connectivity index (χ0v) is 8.53. The summed E-state index contributed by atoms with van der Waals surface area (Å²) in [6, 6.07) is 0. The molecule has 1 rings (SSSR count). The second-order valence-electron chi connectivity index (χ2n) is 3.70. The van der Waals surface area contributed by atoms with Gasteiger partial charge < -0.3 is 14.6 Å². The predicted molar refractivity (Wildman–Crippen MR) is 50.6 cm³/mol. The number of rotatable bonds is 6. The van der Waals surface area contributed by atoms with Gasteiger partial charge in [-0.05, 0) is 19.8 Å². The SMILES string of the molecule is CCC1OCC1COC(C)CCO. The molecule has 0 aromatic carbocycles. The standard InChI is InChI=1S/C10H20O3/c1-3-10-9(7-13-10)6-12-8(2)4-5-11/h8-11H,3-7H2,1-2H3. The zero-order valence-electron chi connectivity index (χ0n) is 8.53. The third-order valence-corrected chi connectivity index (χ3v) is 2.58. The molecule has 0 radical (unpaired) electrons. The lowest BCUT2D eigenvalue weighted by atomic mass is 9.97. The lowest BCUT2D eigenvalue weighted by Crippen LogP contribution is -2.42. The lowest BCUT2D eigenvalue weighted by molar-refractivity contribution is -0.148. The molecule has 0 spiro atoms. The average Bonchev–Trinajstić information content (AvgIpc) is 2.04. The summed E-state index contributed by atoms with van der Waals surface area (Å²) in [6.07, 6.45) is 2.37. The molecular formula is C10H20O3. The molecule has 78 valence electrons. The van der Waals surface area contributed by atoms with Crippen LogP contribution in [0.15, 0.2) is 0 Å². The molecular weight excluding hydrogens is 168 g/mol. The Morgan fingerprint density at radius 2 is 2.38 bits per heavy atom. The van der Waals surface area contributed by atoms with E-state index >= 15 is 0 Å². The Balaban J connectivity index is 2.05. The number of hydrogen-bond acceptors (Lipinski definition) is 3. The molecule has 1 heterocycles. The van der Waals surface area contributed by atoms with Crippen molar-refractivity contribution in [2.45, 2.75) is 38.9 Å². The van der Waals surface area contributed by atoms with Crippen LogP contribution in [0, 0.1) is 5.92 Å². The summed E-state index contributed by atoms with van der Waals surface area (Å²) in [7, 11) is 0. The minimum Gasteiger partial charge on any atom is -0.396 e. The van der Waals surface area contributed by atoms with Gasteiger partial charge in [-0.15, -0.1) is 0 Å². The topological polar surface area (TPSA) is 38.7 Å². The van der Waals surface area contributed by atoms with Crippen LogP contribution in [0.4, 0.5) is 0 Å². The van der Waals surface area contributed by atoms with Crippen molar-refractivity contribution >= 4 is 0 Å². The molecule has 1 saturated heterocycles. The van der Waals surface area contributed by atoms with Crippen molar-refractivity contribution < 1.29 is 14.6 Å². The maximum atomic E-state index is 8.67. The van der Waals surface area contributed by atoms with Crippen molar-refractivity contribution in [1.29, 1.82) is 0 Å². The average molecular weight is 188 g/mol. The number of ether oxygens (including phenoxy) is 2. The normalized spacial score (nSPS) is 29.8. The van der Waals surface area contributed by atoms with E-state index in [9.17, 15) is 0 Å². The van der Waals surface area contributed by atoms with Crippen molar-refractivity contribution in [3.05, 3.63) is 0 Å². The third-order valence-electron chi connectivity index (χ3n) is 2.58. The molecule has 0 saturated carbocycles. The Morgan fingerprint density at radius 3 is 2.85 bits per heavy atom. The molecule has 0 bridgehead atoms. The molecule has 1 fully saturated rings. The van der Waals surface area contributed by atoms with E-state index in [1.807, 2.05) is 6.92 Å². The summed E-state index contributed by atoms with van der Waals surface area (Å²) < 4.78 is 10.9. The third kappa shape index (κ3) is 3.25. The Morgan fingerprint density at radius 1 is 1.62 bits per heavy atom. The predicted octanol–water partition coefficient (Wildman–Crippen LogP) is 1.20. The van der Waals surface area contributed by atoms with Gasteiger partial charge >= 0.3 is 0 Å². The second kappa shape index (κ2) is 5.58. The summed E-state index contributed by atoms with van der Waals surface area (Å²) in [4.78, 5) is 0. The van der Waals surface area contributed by atoms with Gasteiger partial charge in [0.05, 0.1) is 25.4 Å². The smallest absolute Gasteiger partial charge is 0.0645 e. The van der Waals surface area contributed by atoms with E-state index in [0.717, 1.165) is 26.1 Å². The van der Waals surface area contributed by atoms with Gasteiger partial charge in [-0.2, -0.15) is 0 Å². The number of aliphatic hydroxyl groups is 1. The first kappa shape index (κ1) is 11.0. The van der Waals surface area contributed by atoms with Crippen molar-refractivity contribution in [3.63, 3.8) is 0 Å². The van der Waals surface area contributed by atoms with E-state index in [1.165, 1.54) is 0 Å². The summed E-state index contributed by atoms with van der Waals surface area (Å²) in [5.41, 5.74) is 0. The van der Waals surface area contributed by atoms with Crippen LogP contribution in [0.1, 0.15) is 26.7 Å². The second-order valence-corrected chi connectivity index (χ2v) is 3.70. The summed E-state index contributed by atoms with van der Waals surface area (Å²) in [5, 5.41) is 8.67. The molecule has 0 aliphatic carbocycles. The number of aliphatic hydroxyl groups excluding tert-OH is 1. The zero-order chi connectivity index (χ0) is 9.68. The monoisotopic (exact) mass is 188 g/mol. The fourth-order valence-corrected chi connectivity index (χ4v) is 1.53. The van der Waals surface area contributed by atoms with Gasteiger partial charge in [0, 0.05) is 12.5 Å². The molecule has 3 nitrogen and oxygen atoms in total. The highest BCUT2D eigenvalue weighted by molar-refractivity contribution is 4.77. The van der Waals surface area contributed by atoms with E-state index in [0.29, 0.717) is 12.0 Å². The van der Waals surface area contributed by atoms with Gasteiger partial charge in [-0.1, -0.05) is 6.92 Å². The van der Waals surface area contributed by atoms with Gasteiger partial charge in [-0.3, -0.25) is 0 Å². The Kier molecular flexibility index (Phi) is 4.70. The quantitative estimate of drug-likeness (QED) is 0.680. The molecule has 1 N–H and O–H groups in total. The summed E-state index contributed by atoms with van der Waals surface area (Å²) in [6.45, 7) is 5.95.